The van der Waals surface area contributed by atoms with Crippen LogP contribution in [-0.2, 0) is 0 Å². The first kappa shape index (κ1) is 22.7. The van der Waals surface area contributed by atoms with E-state index < -0.39 is 0 Å². The van der Waals surface area contributed by atoms with Crippen LogP contribution < -0.4 is 15.1 Å². The van der Waals surface area contributed by atoms with E-state index in [0.717, 1.165) is 79.1 Å². The van der Waals surface area contributed by atoms with Crippen molar-refractivity contribution in [1.82, 2.24) is 24.8 Å². The fraction of sp³-hybridized carbons (Fsp3) is 0.522. The number of aliphatic hydroxyl groups excluding tert-OH is 1. The Bertz CT molecular complexity index is 1180. The lowest BCUT2D eigenvalue weighted by Gasteiger charge is -2.35. The fourth-order valence-corrected chi connectivity index (χ4v) is 5.61. The van der Waals surface area contributed by atoms with Gasteiger partial charge < -0.3 is 20.2 Å². The van der Waals surface area contributed by atoms with Gasteiger partial charge in [0.05, 0.1) is 28.8 Å². The largest absolute Gasteiger partial charge is 0.395 e. The lowest BCUT2D eigenvalue weighted by atomic mass is 10.0. The first-order valence-electron chi connectivity index (χ1n) is 11.7. The topological polar surface area (TPSA) is 117 Å². The lowest BCUT2D eigenvalue weighted by molar-refractivity contribution is 0.188. The van der Waals surface area contributed by atoms with Crippen LogP contribution >= 0.6 is 11.3 Å². The molecular weight excluding hydrogens is 450 g/mol. The number of hydrogen-bond acceptors (Lipinski definition) is 11. The molecule has 2 saturated heterocycles. The molecule has 0 aliphatic carbocycles. The zero-order chi connectivity index (χ0) is 23.5. The van der Waals surface area contributed by atoms with Gasteiger partial charge in [0.25, 0.3) is 0 Å². The van der Waals surface area contributed by atoms with Gasteiger partial charge in [0.2, 0.25) is 0 Å². The summed E-state index contributed by atoms with van der Waals surface area (Å²) < 4.78 is 0.979. The van der Waals surface area contributed by atoms with Gasteiger partial charge >= 0.3 is 0 Å². The maximum absolute atomic E-state index is 9.34. The van der Waals surface area contributed by atoms with Crippen molar-refractivity contribution >= 4 is 44.1 Å². The van der Waals surface area contributed by atoms with Crippen LogP contribution in [-0.4, -0.2) is 82.4 Å². The Hall–Kier alpha value is -3.07. The van der Waals surface area contributed by atoms with E-state index in [1.54, 1.807) is 17.5 Å². The molecule has 2 fully saturated rings. The predicted octanol–water partition coefficient (Wildman–Crippen LogP) is 2.39. The van der Waals surface area contributed by atoms with Gasteiger partial charge in [-0.15, -0.1) is 0 Å². The molecule has 0 spiro atoms. The number of aliphatic hydroxyl groups is 1. The monoisotopic (exact) mass is 479 g/mol. The molecule has 0 amide bonds. The first-order valence-corrected chi connectivity index (χ1v) is 12.6. The molecule has 34 heavy (non-hydrogen) atoms. The zero-order valence-corrected chi connectivity index (χ0v) is 20.1. The number of nitriles is 1. The minimum atomic E-state index is 0.0596. The maximum atomic E-state index is 9.34. The molecule has 1 atom stereocenters. The van der Waals surface area contributed by atoms with Gasteiger partial charge in [-0.3, -0.25) is 4.90 Å². The van der Waals surface area contributed by atoms with Crippen LogP contribution in [0.25, 0.3) is 10.2 Å². The summed E-state index contributed by atoms with van der Waals surface area (Å²) in [7, 11) is 0. The van der Waals surface area contributed by atoms with E-state index in [4.69, 9.17) is 4.98 Å². The molecule has 178 valence electrons. The lowest BCUT2D eigenvalue weighted by Crippen LogP contribution is -2.47. The van der Waals surface area contributed by atoms with Gasteiger partial charge in [-0.05, 0) is 25.8 Å². The molecular formula is C23H29N9OS. The van der Waals surface area contributed by atoms with Crippen molar-refractivity contribution in [3.8, 4) is 6.07 Å². The molecule has 0 aromatic carbocycles. The molecule has 1 unspecified atom stereocenters. The van der Waals surface area contributed by atoms with Gasteiger partial charge in [-0.1, -0.05) is 11.3 Å². The number of fused-ring (bicyclic) bond motifs is 1. The number of β-amino-alcohol motifs (C(OH)–C–C–N with tert-alkyl or cyclic N) is 1. The number of rotatable bonds is 6. The van der Waals surface area contributed by atoms with Crippen molar-refractivity contribution in [2.24, 2.45) is 5.92 Å². The number of piperidine rings is 1. The quantitative estimate of drug-likeness (QED) is 0.546. The molecule has 5 heterocycles. The number of aromatic nitrogens is 4. The van der Waals surface area contributed by atoms with Gasteiger partial charge in [-0.25, -0.2) is 19.9 Å². The third-order valence-corrected chi connectivity index (χ3v) is 7.49. The van der Waals surface area contributed by atoms with E-state index in [1.807, 2.05) is 19.1 Å². The summed E-state index contributed by atoms with van der Waals surface area (Å²) >= 11 is 1.60. The highest BCUT2D eigenvalue weighted by Crippen LogP contribution is 2.35. The Morgan fingerprint density at radius 3 is 2.82 bits per heavy atom. The van der Waals surface area contributed by atoms with Crippen molar-refractivity contribution in [3.63, 3.8) is 0 Å². The molecule has 11 heteroatoms. The summed E-state index contributed by atoms with van der Waals surface area (Å²) in [6.07, 6.45) is 3.73. The summed E-state index contributed by atoms with van der Waals surface area (Å²) in [6.45, 7) is 7.99. The average Bonchev–Trinajstić information content (AvgIpc) is 3.30. The molecule has 0 radical (unpaired) electrons. The number of aryl methyl sites for hydroxylation is 1. The highest BCUT2D eigenvalue weighted by atomic mass is 32.1. The van der Waals surface area contributed by atoms with E-state index >= 15 is 0 Å². The van der Waals surface area contributed by atoms with Crippen molar-refractivity contribution in [1.29, 1.82) is 5.26 Å². The molecule has 2 aliphatic rings. The van der Waals surface area contributed by atoms with Gasteiger partial charge in [0.1, 0.15) is 17.5 Å². The molecule has 10 nitrogen and oxygen atoms in total. The Balaban J connectivity index is 1.36. The Morgan fingerprint density at radius 2 is 2.03 bits per heavy atom. The molecule has 3 aromatic heterocycles. The summed E-state index contributed by atoms with van der Waals surface area (Å²) in [6, 6.07) is 6.30. The smallest absolute Gasteiger partial charge is 0.186 e. The highest BCUT2D eigenvalue weighted by molar-refractivity contribution is 7.22. The summed E-state index contributed by atoms with van der Waals surface area (Å²) in [5.74, 6) is 3.09. The Kier molecular flexibility index (Phi) is 6.71. The maximum Gasteiger partial charge on any atom is 0.186 e. The number of anilines is 4. The minimum absolute atomic E-state index is 0.0596. The van der Waals surface area contributed by atoms with Crippen LogP contribution in [0.15, 0.2) is 18.3 Å². The first-order chi connectivity index (χ1) is 16.6. The second-order valence-corrected chi connectivity index (χ2v) is 9.73. The average molecular weight is 480 g/mol. The minimum Gasteiger partial charge on any atom is -0.395 e. The van der Waals surface area contributed by atoms with Crippen LogP contribution in [0.2, 0.25) is 0 Å². The van der Waals surface area contributed by atoms with Crippen LogP contribution in [0.1, 0.15) is 18.7 Å². The third-order valence-electron chi connectivity index (χ3n) is 6.35. The fourth-order valence-electron chi connectivity index (χ4n) is 4.57. The number of thiazole rings is 1. The molecule has 3 aromatic rings. The van der Waals surface area contributed by atoms with Crippen LogP contribution in [0.4, 0.5) is 22.6 Å². The van der Waals surface area contributed by atoms with Gasteiger partial charge in [0.15, 0.2) is 10.9 Å². The zero-order valence-electron chi connectivity index (χ0n) is 19.3. The predicted molar refractivity (Wildman–Crippen MR) is 134 cm³/mol. The summed E-state index contributed by atoms with van der Waals surface area (Å²) in [4.78, 5) is 25.4. The van der Waals surface area contributed by atoms with E-state index in [-0.39, 0.29) is 12.5 Å². The van der Waals surface area contributed by atoms with Crippen LogP contribution in [0.5, 0.6) is 0 Å². The van der Waals surface area contributed by atoms with Gasteiger partial charge in [0, 0.05) is 58.1 Å². The van der Waals surface area contributed by atoms with Crippen molar-refractivity contribution in [2.75, 3.05) is 67.5 Å². The number of pyridine rings is 1. The number of piperazine rings is 1. The van der Waals surface area contributed by atoms with Crippen LogP contribution in [0, 0.1) is 24.2 Å². The molecule has 5 rings (SSSR count). The Labute approximate surface area is 202 Å². The second-order valence-electron chi connectivity index (χ2n) is 8.75. The standard InChI is InChI=1S/C23H29N9OS/c1-16-26-19(13-20(27-16)31-9-7-30(8-10-31)11-12-33)29-22-21-18(4-5-25-22)28-23(34-21)32-6-2-3-17(14-24)15-32/h4-5,13,17,33H,2-3,6-12,15H2,1H3,(H,25,26,27,29). The van der Waals surface area contributed by atoms with Crippen molar-refractivity contribution in [3.05, 3.63) is 24.2 Å². The van der Waals surface area contributed by atoms with E-state index in [9.17, 15) is 10.4 Å². The van der Waals surface area contributed by atoms with E-state index in [1.165, 1.54) is 0 Å². The van der Waals surface area contributed by atoms with E-state index in [0.29, 0.717) is 18.2 Å². The third kappa shape index (κ3) is 4.89. The normalized spacial score (nSPS) is 19.4. The SMILES string of the molecule is Cc1nc(Nc2nccc3nc(N4CCCC(C#N)C4)sc23)cc(N2CCN(CCO)CC2)n1. The summed E-state index contributed by atoms with van der Waals surface area (Å²) in [5, 5.41) is 22.9. The van der Waals surface area contributed by atoms with Crippen molar-refractivity contribution < 1.29 is 5.11 Å². The summed E-state index contributed by atoms with van der Waals surface area (Å²) in [5.41, 5.74) is 0.891. The van der Waals surface area contributed by atoms with E-state index in [2.05, 4.69) is 41.0 Å². The van der Waals surface area contributed by atoms with Crippen molar-refractivity contribution in [2.45, 2.75) is 19.8 Å². The number of nitrogens with zero attached hydrogens (tertiary/aromatic N) is 8. The molecule has 0 saturated carbocycles. The number of nitrogens with one attached hydrogen (secondary N) is 1. The van der Waals surface area contributed by atoms with Crippen LogP contribution in [0.3, 0.4) is 0 Å². The molecule has 0 bridgehead atoms. The second kappa shape index (κ2) is 10.0. The molecule has 2 aliphatic heterocycles. The molecule has 2 N–H and O–H groups in total. The highest BCUT2D eigenvalue weighted by Gasteiger charge is 2.23. The number of hydrogen-bond donors (Lipinski definition) is 2. The van der Waals surface area contributed by atoms with Gasteiger partial charge in [-0.2, -0.15) is 5.26 Å². The Morgan fingerprint density at radius 1 is 1.18 bits per heavy atom.